The molecule has 0 N–H and O–H groups in total. The summed E-state index contributed by atoms with van der Waals surface area (Å²) in [5, 5.41) is 2.45. The Hall–Kier alpha value is -6.26. The molecule has 0 radical (unpaired) electrons. The van der Waals surface area contributed by atoms with Crippen molar-refractivity contribution in [3.8, 4) is 0 Å². The second kappa shape index (κ2) is 11.7. The van der Waals surface area contributed by atoms with E-state index in [4.69, 9.17) is 0 Å². The van der Waals surface area contributed by atoms with E-state index in [1.165, 1.54) is 55.6 Å². The Kier molecular flexibility index (Phi) is 6.73. The molecule has 4 heteroatoms. The number of benzene rings is 7. The monoisotopic (exact) mass is 639 g/mol. The molecule has 0 atom stereocenters. The van der Waals surface area contributed by atoms with Crippen LogP contribution >= 0.6 is 0 Å². The Bertz CT molecular complexity index is 2460. The second-order valence-electron chi connectivity index (χ2n) is 13.2. The predicted molar refractivity (Wildman–Crippen MR) is 213 cm³/mol. The first-order chi connectivity index (χ1) is 24.8. The molecule has 3 nitrogen and oxygen atoms in total. The van der Waals surface area contributed by atoms with Crippen LogP contribution in [-0.2, 0) is 0 Å². The third-order valence-corrected chi connectivity index (χ3v) is 10.4. The van der Waals surface area contributed by atoms with Crippen LogP contribution in [0.1, 0.15) is 12.8 Å². The summed E-state index contributed by atoms with van der Waals surface area (Å²) < 4.78 is 0. The van der Waals surface area contributed by atoms with E-state index < -0.39 is 0 Å². The zero-order valence-corrected chi connectivity index (χ0v) is 27.7. The van der Waals surface area contributed by atoms with Crippen molar-refractivity contribution in [2.45, 2.75) is 12.8 Å². The van der Waals surface area contributed by atoms with Gasteiger partial charge in [0.2, 0.25) is 0 Å². The number of fused-ring (bicyclic) bond motifs is 5. The summed E-state index contributed by atoms with van der Waals surface area (Å²) in [5.74, 6) is 0. The van der Waals surface area contributed by atoms with Gasteiger partial charge in [0, 0.05) is 50.9 Å². The molecular weight excluding hydrogens is 605 g/mol. The van der Waals surface area contributed by atoms with E-state index in [0.29, 0.717) is 0 Å². The average Bonchev–Trinajstić information content (AvgIpc) is 3.19. The number of hydrogen-bond acceptors (Lipinski definition) is 3. The predicted octanol–water partition coefficient (Wildman–Crippen LogP) is 10.3. The fourth-order valence-electron chi connectivity index (χ4n) is 8.32. The summed E-state index contributed by atoms with van der Waals surface area (Å²) in [6.07, 6.45) is 9.13. The van der Waals surface area contributed by atoms with Crippen molar-refractivity contribution < 1.29 is 0 Å². The first-order valence-electron chi connectivity index (χ1n) is 17.6. The first-order valence-corrected chi connectivity index (χ1v) is 17.6. The van der Waals surface area contributed by atoms with Gasteiger partial charge in [0.1, 0.15) is 0 Å². The van der Waals surface area contributed by atoms with E-state index in [9.17, 15) is 0 Å². The Morgan fingerprint density at radius 1 is 0.500 bits per heavy atom. The molecule has 10 rings (SSSR count). The molecule has 236 valence electrons. The summed E-state index contributed by atoms with van der Waals surface area (Å²) in [5.41, 5.74) is 14.7. The van der Waals surface area contributed by atoms with Crippen LogP contribution in [0.25, 0.3) is 10.8 Å². The molecule has 0 fully saturated rings. The second-order valence-corrected chi connectivity index (χ2v) is 13.2. The summed E-state index contributed by atoms with van der Waals surface area (Å²) in [4.78, 5) is 7.38. The topological polar surface area (TPSA) is 9.72 Å². The number of rotatable bonds is 5. The van der Waals surface area contributed by atoms with Crippen LogP contribution in [0.3, 0.4) is 0 Å². The van der Waals surface area contributed by atoms with Crippen LogP contribution in [0.5, 0.6) is 0 Å². The minimum absolute atomic E-state index is 0.0913. The van der Waals surface area contributed by atoms with Crippen molar-refractivity contribution >= 4 is 79.4 Å². The summed E-state index contributed by atoms with van der Waals surface area (Å²) >= 11 is 0. The van der Waals surface area contributed by atoms with Gasteiger partial charge in [-0.3, -0.25) is 0 Å². The van der Waals surface area contributed by atoms with Gasteiger partial charge in [-0.15, -0.1) is 0 Å². The van der Waals surface area contributed by atoms with Crippen molar-refractivity contribution in [1.82, 2.24) is 0 Å². The Morgan fingerprint density at radius 2 is 1.18 bits per heavy atom. The highest BCUT2D eigenvalue weighted by Crippen LogP contribution is 2.45. The molecule has 0 saturated carbocycles. The molecule has 1 aliphatic carbocycles. The van der Waals surface area contributed by atoms with Crippen molar-refractivity contribution in [2.75, 3.05) is 14.7 Å². The maximum Gasteiger partial charge on any atom is 0.252 e. The van der Waals surface area contributed by atoms with Gasteiger partial charge in [-0.1, -0.05) is 115 Å². The highest BCUT2D eigenvalue weighted by Gasteiger charge is 2.43. The van der Waals surface area contributed by atoms with Crippen molar-refractivity contribution in [1.29, 1.82) is 0 Å². The third kappa shape index (κ3) is 4.45. The molecule has 0 bridgehead atoms. The highest BCUT2D eigenvalue weighted by atomic mass is 15.2. The van der Waals surface area contributed by atoms with E-state index >= 15 is 0 Å². The van der Waals surface area contributed by atoms with Gasteiger partial charge < -0.3 is 14.7 Å². The fraction of sp³-hybridized carbons (Fsp3) is 0.0435. The largest absolute Gasteiger partial charge is 0.312 e. The van der Waals surface area contributed by atoms with Crippen LogP contribution in [0, 0.1) is 0 Å². The van der Waals surface area contributed by atoms with Crippen molar-refractivity contribution in [3.63, 3.8) is 0 Å². The van der Waals surface area contributed by atoms with Gasteiger partial charge in [0.05, 0.1) is 5.69 Å². The SMILES string of the molecule is C1=CC(N2c3ccccc3B3c4ccc(N(c5ccccc5)c5cccc6ccccc56)cc4N(c4ccccc4)c4cccc2c43)=CCC1. The summed E-state index contributed by atoms with van der Waals surface area (Å²) in [6.45, 7) is 0.0913. The van der Waals surface area contributed by atoms with Crippen LogP contribution in [-0.4, -0.2) is 6.71 Å². The van der Waals surface area contributed by atoms with Crippen LogP contribution in [0.4, 0.5) is 45.5 Å². The molecule has 7 aromatic rings. The van der Waals surface area contributed by atoms with Gasteiger partial charge >= 0.3 is 0 Å². The van der Waals surface area contributed by atoms with Crippen molar-refractivity contribution in [2.24, 2.45) is 0 Å². The Labute approximate surface area is 293 Å². The highest BCUT2D eigenvalue weighted by molar-refractivity contribution is 7.00. The molecule has 0 unspecified atom stereocenters. The van der Waals surface area contributed by atoms with E-state index in [2.05, 4.69) is 197 Å². The minimum atomic E-state index is 0.0913. The minimum Gasteiger partial charge on any atom is -0.312 e. The molecule has 7 aromatic carbocycles. The molecule has 0 aromatic heterocycles. The lowest BCUT2D eigenvalue weighted by Crippen LogP contribution is -2.61. The lowest BCUT2D eigenvalue weighted by atomic mass is 9.33. The Balaban J connectivity index is 1.24. The number of nitrogens with zero attached hydrogens (tertiary/aromatic N) is 3. The lowest BCUT2D eigenvalue weighted by Gasteiger charge is -2.44. The number of allylic oxidation sites excluding steroid dienone is 3. The molecule has 0 spiro atoms. The van der Waals surface area contributed by atoms with Gasteiger partial charge in [-0.25, -0.2) is 0 Å². The number of anilines is 8. The fourth-order valence-corrected chi connectivity index (χ4v) is 8.32. The quantitative estimate of drug-likeness (QED) is 0.174. The molecular formula is C46H34BN3. The summed E-state index contributed by atoms with van der Waals surface area (Å²) in [6, 6.07) is 59.9. The normalized spacial score (nSPS) is 14.2. The molecule has 2 aliphatic heterocycles. The maximum absolute atomic E-state index is 2.49. The van der Waals surface area contributed by atoms with Gasteiger partial charge in [-0.2, -0.15) is 0 Å². The lowest BCUT2D eigenvalue weighted by molar-refractivity contribution is 0.998. The molecule has 2 heterocycles. The zero-order valence-electron chi connectivity index (χ0n) is 27.7. The standard InChI is InChI=1S/C46H34BN3/c1-4-18-34(19-5-1)48(41-27-14-17-33-16-10-11-24-38(33)41)37-30-31-40-45(32-37)50(36-22-8-3-9-23-36)44-29-15-28-43-46(44)47(40)39-25-12-13-26-42(39)49(43)35-20-6-2-7-21-35/h1,3-6,8-32H,2,7H2. The average molecular weight is 640 g/mol. The smallest absolute Gasteiger partial charge is 0.252 e. The summed E-state index contributed by atoms with van der Waals surface area (Å²) in [7, 11) is 0. The van der Waals surface area contributed by atoms with E-state index in [1.807, 2.05) is 0 Å². The Morgan fingerprint density at radius 3 is 2.02 bits per heavy atom. The van der Waals surface area contributed by atoms with Crippen molar-refractivity contribution in [3.05, 3.63) is 188 Å². The first kappa shape index (κ1) is 28.7. The number of para-hydroxylation sites is 3. The van der Waals surface area contributed by atoms with Crippen LogP contribution in [0.2, 0.25) is 0 Å². The third-order valence-electron chi connectivity index (χ3n) is 10.4. The van der Waals surface area contributed by atoms with E-state index in [0.717, 1.165) is 35.6 Å². The van der Waals surface area contributed by atoms with E-state index in [1.54, 1.807) is 0 Å². The van der Waals surface area contributed by atoms with E-state index in [-0.39, 0.29) is 6.71 Å². The molecule has 3 aliphatic rings. The van der Waals surface area contributed by atoms with Crippen LogP contribution < -0.4 is 31.1 Å². The molecule has 0 amide bonds. The maximum atomic E-state index is 2.49. The molecule has 50 heavy (non-hydrogen) atoms. The molecule has 0 saturated heterocycles. The van der Waals surface area contributed by atoms with Gasteiger partial charge in [0.25, 0.3) is 6.71 Å². The van der Waals surface area contributed by atoms with Gasteiger partial charge in [0.15, 0.2) is 0 Å². The zero-order chi connectivity index (χ0) is 33.0. The van der Waals surface area contributed by atoms with Crippen LogP contribution in [0.15, 0.2) is 188 Å². The number of hydrogen-bond donors (Lipinski definition) is 0. The van der Waals surface area contributed by atoms with Gasteiger partial charge in [-0.05, 0) is 101 Å².